The number of hydrogen-bond donors (Lipinski definition) is 0. The van der Waals surface area contributed by atoms with Crippen molar-refractivity contribution in [3.8, 4) is 23.1 Å². The first kappa shape index (κ1) is 13.9. The summed E-state index contributed by atoms with van der Waals surface area (Å²) in [4.78, 5) is 12.2. The number of methoxy groups -OCH3 is 1. The van der Waals surface area contributed by atoms with E-state index in [9.17, 15) is 4.79 Å². The number of hydrogen-bond acceptors (Lipinski definition) is 3. The van der Waals surface area contributed by atoms with E-state index in [-0.39, 0.29) is 11.1 Å². The summed E-state index contributed by atoms with van der Waals surface area (Å²) >= 11 is 0. The van der Waals surface area contributed by atoms with Gasteiger partial charge < -0.3 is 9.30 Å². The van der Waals surface area contributed by atoms with Crippen LogP contribution in [-0.4, -0.2) is 11.7 Å². The lowest BCUT2D eigenvalue weighted by Crippen LogP contribution is -2.23. The predicted octanol–water partition coefficient (Wildman–Crippen LogP) is 2.81. The summed E-state index contributed by atoms with van der Waals surface area (Å²) in [5, 5.41) is 8.96. The summed E-state index contributed by atoms with van der Waals surface area (Å²) in [6.45, 7) is 2.60. The number of ether oxygens (including phenoxy) is 1. The van der Waals surface area contributed by atoms with Crippen molar-refractivity contribution in [2.45, 2.75) is 19.9 Å². The molecular weight excluding hydrogens is 252 g/mol. The molecule has 0 bridgehead atoms. The van der Waals surface area contributed by atoms with Gasteiger partial charge in [0.2, 0.25) is 0 Å². The van der Waals surface area contributed by atoms with Crippen LogP contribution in [-0.2, 0) is 6.54 Å². The summed E-state index contributed by atoms with van der Waals surface area (Å²) < 4.78 is 6.78. The molecule has 1 aromatic carbocycles. The van der Waals surface area contributed by atoms with E-state index in [4.69, 9.17) is 10.00 Å². The van der Waals surface area contributed by atoms with Crippen molar-refractivity contribution in [1.82, 2.24) is 4.57 Å². The maximum atomic E-state index is 12.2. The Bertz CT molecular complexity index is 694. The van der Waals surface area contributed by atoms with Gasteiger partial charge in [-0.3, -0.25) is 4.79 Å². The van der Waals surface area contributed by atoms with E-state index in [1.54, 1.807) is 17.7 Å². The van der Waals surface area contributed by atoms with Crippen LogP contribution in [0, 0.1) is 11.3 Å². The van der Waals surface area contributed by atoms with E-state index in [1.165, 1.54) is 0 Å². The highest BCUT2D eigenvalue weighted by Gasteiger charge is 2.09. The van der Waals surface area contributed by atoms with Gasteiger partial charge in [-0.25, -0.2) is 0 Å². The summed E-state index contributed by atoms with van der Waals surface area (Å²) in [7, 11) is 1.61. The van der Waals surface area contributed by atoms with E-state index in [1.807, 2.05) is 43.3 Å². The first-order valence-electron chi connectivity index (χ1n) is 6.49. The largest absolute Gasteiger partial charge is 0.497 e. The number of nitriles is 1. The Morgan fingerprint density at radius 3 is 2.45 bits per heavy atom. The third-order valence-corrected chi connectivity index (χ3v) is 3.13. The molecule has 2 aromatic rings. The fraction of sp³-hybridized carbons (Fsp3) is 0.250. The van der Waals surface area contributed by atoms with Crippen molar-refractivity contribution in [1.29, 1.82) is 5.26 Å². The van der Waals surface area contributed by atoms with Gasteiger partial charge in [0.15, 0.2) is 0 Å². The van der Waals surface area contributed by atoms with Crippen LogP contribution in [0.5, 0.6) is 5.75 Å². The molecule has 1 aromatic heterocycles. The summed E-state index contributed by atoms with van der Waals surface area (Å²) in [5.74, 6) is 0.770. The zero-order valence-electron chi connectivity index (χ0n) is 11.6. The van der Waals surface area contributed by atoms with Crippen LogP contribution in [0.15, 0.2) is 41.2 Å². The normalized spacial score (nSPS) is 10.1. The van der Waals surface area contributed by atoms with Crippen LogP contribution in [0.1, 0.15) is 18.9 Å². The topological polar surface area (TPSA) is 55.0 Å². The fourth-order valence-electron chi connectivity index (χ4n) is 2.12. The molecule has 0 fully saturated rings. The highest BCUT2D eigenvalue weighted by atomic mass is 16.5. The van der Waals surface area contributed by atoms with Crippen LogP contribution in [0.2, 0.25) is 0 Å². The summed E-state index contributed by atoms with van der Waals surface area (Å²) in [6.07, 6.45) is 0.831. The lowest BCUT2D eigenvalue weighted by Gasteiger charge is -2.13. The van der Waals surface area contributed by atoms with Gasteiger partial charge in [0.1, 0.15) is 17.4 Å². The van der Waals surface area contributed by atoms with E-state index in [2.05, 4.69) is 0 Å². The summed E-state index contributed by atoms with van der Waals surface area (Å²) in [5.41, 5.74) is 1.69. The molecule has 2 rings (SSSR count). The number of pyridine rings is 1. The van der Waals surface area contributed by atoms with Crippen LogP contribution in [0.3, 0.4) is 0 Å². The molecule has 0 aliphatic carbocycles. The highest BCUT2D eigenvalue weighted by Crippen LogP contribution is 2.22. The van der Waals surface area contributed by atoms with E-state index in [0.29, 0.717) is 6.54 Å². The molecule has 0 atom stereocenters. The minimum absolute atomic E-state index is 0.177. The monoisotopic (exact) mass is 268 g/mol. The van der Waals surface area contributed by atoms with Crippen molar-refractivity contribution in [3.05, 3.63) is 52.3 Å². The van der Waals surface area contributed by atoms with Crippen molar-refractivity contribution in [2.75, 3.05) is 7.11 Å². The highest BCUT2D eigenvalue weighted by molar-refractivity contribution is 5.61. The first-order chi connectivity index (χ1) is 9.71. The fourth-order valence-corrected chi connectivity index (χ4v) is 2.12. The van der Waals surface area contributed by atoms with E-state index < -0.39 is 0 Å². The molecule has 20 heavy (non-hydrogen) atoms. The molecule has 0 saturated heterocycles. The molecule has 0 aliphatic rings. The Labute approximate surface area is 117 Å². The molecule has 102 valence electrons. The van der Waals surface area contributed by atoms with Crippen molar-refractivity contribution in [3.63, 3.8) is 0 Å². The van der Waals surface area contributed by atoms with Crippen LogP contribution >= 0.6 is 0 Å². The lowest BCUT2D eigenvalue weighted by atomic mass is 10.1. The Morgan fingerprint density at radius 2 is 1.90 bits per heavy atom. The molecule has 0 spiro atoms. The van der Waals surface area contributed by atoms with Gasteiger partial charge >= 0.3 is 0 Å². The van der Waals surface area contributed by atoms with Gasteiger partial charge in [-0.15, -0.1) is 0 Å². The smallest absolute Gasteiger partial charge is 0.268 e. The molecule has 0 aliphatic heterocycles. The third-order valence-electron chi connectivity index (χ3n) is 3.13. The van der Waals surface area contributed by atoms with Gasteiger partial charge in [-0.1, -0.05) is 6.92 Å². The number of aromatic nitrogens is 1. The molecule has 0 N–H and O–H groups in total. The van der Waals surface area contributed by atoms with E-state index in [0.717, 1.165) is 23.4 Å². The van der Waals surface area contributed by atoms with Crippen molar-refractivity contribution >= 4 is 0 Å². The Morgan fingerprint density at radius 1 is 1.20 bits per heavy atom. The minimum Gasteiger partial charge on any atom is -0.497 e. The van der Waals surface area contributed by atoms with Crippen molar-refractivity contribution in [2.24, 2.45) is 0 Å². The second-order valence-electron chi connectivity index (χ2n) is 4.43. The summed E-state index contributed by atoms with van der Waals surface area (Å²) in [6, 6.07) is 12.9. The first-order valence-corrected chi connectivity index (χ1v) is 6.49. The zero-order chi connectivity index (χ0) is 14.5. The molecule has 4 heteroatoms. The quantitative estimate of drug-likeness (QED) is 0.856. The second kappa shape index (κ2) is 6.07. The van der Waals surface area contributed by atoms with E-state index >= 15 is 0 Å². The van der Waals surface area contributed by atoms with Crippen LogP contribution in [0.25, 0.3) is 11.3 Å². The molecule has 1 heterocycles. The molecular formula is C16H16N2O2. The van der Waals surface area contributed by atoms with Gasteiger partial charge in [-0.2, -0.15) is 5.26 Å². The minimum atomic E-state index is -0.234. The number of benzene rings is 1. The Balaban J connectivity index is 2.58. The molecule has 0 unspecified atom stereocenters. The van der Waals surface area contributed by atoms with Crippen LogP contribution in [0.4, 0.5) is 0 Å². The van der Waals surface area contributed by atoms with Gasteiger partial charge in [-0.05, 0) is 48.4 Å². The maximum absolute atomic E-state index is 12.2. The molecule has 0 saturated carbocycles. The van der Waals surface area contributed by atoms with Crippen LogP contribution < -0.4 is 10.3 Å². The standard InChI is InChI=1S/C16H16N2O2/c1-3-10-18-15(9-6-13(11-17)16(18)19)12-4-7-14(20-2)8-5-12/h4-9H,3,10H2,1-2H3. The lowest BCUT2D eigenvalue weighted by molar-refractivity contribution is 0.415. The third kappa shape index (κ3) is 2.57. The number of nitrogens with zero attached hydrogens (tertiary/aromatic N) is 2. The zero-order valence-corrected chi connectivity index (χ0v) is 11.6. The average Bonchev–Trinajstić information content (AvgIpc) is 2.49. The average molecular weight is 268 g/mol. The molecule has 0 amide bonds. The van der Waals surface area contributed by atoms with Gasteiger partial charge in [0, 0.05) is 6.54 Å². The molecule has 4 nitrogen and oxygen atoms in total. The van der Waals surface area contributed by atoms with Crippen molar-refractivity contribution < 1.29 is 4.74 Å². The van der Waals surface area contributed by atoms with Gasteiger partial charge in [0.05, 0.1) is 12.8 Å². The SMILES string of the molecule is CCCn1c(-c2ccc(OC)cc2)ccc(C#N)c1=O. The maximum Gasteiger partial charge on any atom is 0.268 e. The van der Waals surface area contributed by atoms with Gasteiger partial charge in [0.25, 0.3) is 5.56 Å². The molecule has 0 radical (unpaired) electrons. The predicted molar refractivity (Wildman–Crippen MR) is 77.7 cm³/mol. The number of rotatable bonds is 4. The Hall–Kier alpha value is -2.54. The Kier molecular flexibility index (Phi) is 4.21. The second-order valence-corrected chi connectivity index (χ2v) is 4.43.